The van der Waals surface area contributed by atoms with E-state index in [2.05, 4.69) is 34.3 Å². The van der Waals surface area contributed by atoms with Gasteiger partial charge in [-0.3, -0.25) is 9.69 Å². The van der Waals surface area contributed by atoms with Crippen molar-refractivity contribution >= 4 is 22.5 Å². The summed E-state index contributed by atoms with van der Waals surface area (Å²) < 4.78 is 5.42. The van der Waals surface area contributed by atoms with Crippen LogP contribution >= 0.6 is 0 Å². The van der Waals surface area contributed by atoms with E-state index in [4.69, 9.17) is 4.74 Å². The highest BCUT2D eigenvalue weighted by Crippen LogP contribution is 2.21. The molecule has 5 nitrogen and oxygen atoms in total. The van der Waals surface area contributed by atoms with Gasteiger partial charge in [0.05, 0.1) is 13.2 Å². The monoisotopic (exact) mass is 363 g/mol. The average Bonchev–Trinajstić information content (AvgIpc) is 3.11. The molecule has 3 aromatic rings. The number of amides is 1. The molecule has 0 radical (unpaired) electrons. The number of hydrogen-bond donors (Lipinski definition) is 2. The second-order valence-corrected chi connectivity index (χ2v) is 7.21. The maximum absolute atomic E-state index is 12.7. The number of fused-ring (bicyclic) bond motifs is 1. The first-order valence-corrected chi connectivity index (χ1v) is 9.39. The number of nitrogens with one attached hydrogen (secondary N) is 2. The Kier molecular flexibility index (Phi) is 4.97. The number of anilines is 1. The molecule has 2 N–H and O–H groups in total. The third-order valence-electron chi connectivity index (χ3n) is 5.21. The van der Waals surface area contributed by atoms with E-state index in [0.29, 0.717) is 5.69 Å². The zero-order chi connectivity index (χ0) is 18.8. The number of morpholine rings is 1. The van der Waals surface area contributed by atoms with Crippen molar-refractivity contribution in [3.05, 3.63) is 64.8 Å². The molecular weight excluding hydrogens is 338 g/mol. The number of benzene rings is 2. The van der Waals surface area contributed by atoms with Crippen LogP contribution in [0.25, 0.3) is 10.9 Å². The highest BCUT2D eigenvalue weighted by molar-refractivity contribution is 6.06. The van der Waals surface area contributed by atoms with Crippen molar-refractivity contribution in [3.8, 4) is 0 Å². The number of aromatic amines is 1. The summed E-state index contributed by atoms with van der Waals surface area (Å²) in [6.45, 7) is 8.50. The molecule has 4 rings (SSSR count). The lowest BCUT2D eigenvalue weighted by Crippen LogP contribution is -2.35. The number of carbonyl (C=O) groups is 1. The lowest BCUT2D eigenvalue weighted by Gasteiger charge is -2.27. The fraction of sp³-hybridized carbons (Fsp3) is 0.318. The van der Waals surface area contributed by atoms with Crippen molar-refractivity contribution in [1.29, 1.82) is 0 Å². The quantitative estimate of drug-likeness (QED) is 0.740. The zero-order valence-corrected chi connectivity index (χ0v) is 15.8. The molecule has 1 aliphatic heterocycles. The summed E-state index contributed by atoms with van der Waals surface area (Å²) in [6.07, 6.45) is 0. The molecule has 0 aliphatic carbocycles. The van der Waals surface area contributed by atoms with Gasteiger partial charge in [0.25, 0.3) is 5.91 Å². The Morgan fingerprint density at radius 2 is 1.93 bits per heavy atom. The number of rotatable bonds is 4. The standard InChI is InChI=1S/C22H25N3O2/c1-15-6-7-19(12-18(15)14-25-8-10-27-11-9-25)23-22(26)20-13-17-5-3-4-16(2)21(17)24-20/h3-7,12-13,24H,8-11,14H2,1-2H3,(H,23,26). The summed E-state index contributed by atoms with van der Waals surface area (Å²) in [7, 11) is 0. The van der Waals surface area contributed by atoms with Crippen LogP contribution < -0.4 is 5.32 Å². The third kappa shape index (κ3) is 3.89. The van der Waals surface area contributed by atoms with E-state index < -0.39 is 0 Å². The number of ether oxygens (including phenoxy) is 1. The third-order valence-corrected chi connectivity index (χ3v) is 5.21. The summed E-state index contributed by atoms with van der Waals surface area (Å²) >= 11 is 0. The molecule has 0 saturated carbocycles. The van der Waals surface area contributed by atoms with Crippen molar-refractivity contribution in [2.45, 2.75) is 20.4 Å². The van der Waals surface area contributed by atoms with Gasteiger partial charge in [0.1, 0.15) is 5.69 Å². The Morgan fingerprint density at radius 1 is 1.11 bits per heavy atom. The predicted octanol–water partition coefficient (Wildman–Crippen LogP) is 3.87. The Hall–Kier alpha value is -2.63. The fourth-order valence-corrected chi connectivity index (χ4v) is 3.55. The molecule has 1 amide bonds. The summed E-state index contributed by atoms with van der Waals surface area (Å²) in [5.74, 6) is -0.119. The summed E-state index contributed by atoms with van der Waals surface area (Å²) in [4.78, 5) is 18.3. The second-order valence-electron chi connectivity index (χ2n) is 7.21. The van der Waals surface area contributed by atoms with Gasteiger partial charge >= 0.3 is 0 Å². The normalized spacial score (nSPS) is 15.2. The molecule has 27 heavy (non-hydrogen) atoms. The molecular formula is C22H25N3O2. The molecule has 1 fully saturated rings. The van der Waals surface area contributed by atoms with E-state index in [9.17, 15) is 4.79 Å². The van der Waals surface area contributed by atoms with Gasteiger partial charge in [-0.1, -0.05) is 24.3 Å². The lowest BCUT2D eigenvalue weighted by atomic mass is 10.1. The van der Waals surface area contributed by atoms with Crippen LogP contribution in [0.2, 0.25) is 0 Å². The Balaban J connectivity index is 1.51. The number of nitrogens with zero attached hydrogens (tertiary/aromatic N) is 1. The fourth-order valence-electron chi connectivity index (χ4n) is 3.55. The van der Waals surface area contributed by atoms with Crippen LogP contribution in [0, 0.1) is 13.8 Å². The predicted molar refractivity (Wildman–Crippen MR) is 108 cm³/mol. The molecule has 2 aromatic carbocycles. The smallest absolute Gasteiger partial charge is 0.272 e. The van der Waals surface area contributed by atoms with E-state index in [1.54, 1.807) is 0 Å². The van der Waals surface area contributed by atoms with Gasteiger partial charge in [0.2, 0.25) is 0 Å². The van der Waals surface area contributed by atoms with Gasteiger partial charge in [-0.2, -0.15) is 0 Å². The molecule has 0 bridgehead atoms. The molecule has 140 valence electrons. The SMILES string of the molecule is Cc1ccc(NC(=O)c2cc3cccc(C)c3[nH]2)cc1CN1CCOCC1. The first-order valence-electron chi connectivity index (χ1n) is 9.39. The first kappa shape index (κ1) is 17.8. The Bertz CT molecular complexity index is 971. The topological polar surface area (TPSA) is 57.4 Å². The van der Waals surface area contributed by atoms with Gasteiger partial charge in [0.15, 0.2) is 0 Å². The van der Waals surface area contributed by atoms with Gasteiger partial charge in [-0.25, -0.2) is 0 Å². The average molecular weight is 363 g/mol. The van der Waals surface area contributed by atoms with Gasteiger partial charge in [-0.05, 0) is 48.7 Å². The number of para-hydroxylation sites is 1. The van der Waals surface area contributed by atoms with Crippen LogP contribution in [-0.2, 0) is 11.3 Å². The largest absolute Gasteiger partial charge is 0.379 e. The van der Waals surface area contributed by atoms with E-state index in [-0.39, 0.29) is 5.91 Å². The van der Waals surface area contributed by atoms with Gasteiger partial charge in [0, 0.05) is 36.2 Å². The van der Waals surface area contributed by atoms with Crippen molar-refractivity contribution in [3.63, 3.8) is 0 Å². The van der Waals surface area contributed by atoms with E-state index in [1.165, 1.54) is 11.1 Å². The minimum atomic E-state index is -0.119. The molecule has 1 saturated heterocycles. The molecule has 1 aliphatic rings. The van der Waals surface area contributed by atoms with Gasteiger partial charge < -0.3 is 15.0 Å². The van der Waals surface area contributed by atoms with E-state index in [1.807, 2.05) is 37.3 Å². The molecule has 0 atom stereocenters. The van der Waals surface area contributed by atoms with Crippen LogP contribution in [0.1, 0.15) is 27.2 Å². The van der Waals surface area contributed by atoms with Crippen molar-refractivity contribution in [2.75, 3.05) is 31.6 Å². The Morgan fingerprint density at radius 3 is 2.70 bits per heavy atom. The number of aromatic nitrogens is 1. The summed E-state index contributed by atoms with van der Waals surface area (Å²) in [5.41, 5.74) is 6.02. The highest BCUT2D eigenvalue weighted by atomic mass is 16.5. The van der Waals surface area contributed by atoms with Crippen molar-refractivity contribution in [1.82, 2.24) is 9.88 Å². The van der Waals surface area contributed by atoms with Crippen molar-refractivity contribution < 1.29 is 9.53 Å². The molecule has 0 spiro atoms. The number of carbonyl (C=O) groups excluding carboxylic acids is 1. The number of hydrogen-bond acceptors (Lipinski definition) is 3. The first-order chi connectivity index (χ1) is 13.1. The summed E-state index contributed by atoms with van der Waals surface area (Å²) in [6, 6.07) is 14.1. The Labute approximate surface area is 159 Å². The second kappa shape index (κ2) is 7.55. The molecule has 0 unspecified atom stereocenters. The van der Waals surface area contributed by atoms with Crippen LogP contribution in [0.15, 0.2) is 42.5 Å². The van der Waals surface area contributed by atoms with Crippen LogP contribution in [0.4, 0.5) is 5.69 Å². The van der Waals surface area contributed by atoms with Crippen LogP contribution in [0.5, 0.6) is 0 Å². The number of aryl methyl sites for hydroxylation is 2. The summed E-state index contributed by atoms with van der Waals surface area (Å²) in [5, 5.41) is 4.08. The zero-order valence-electron chi connectivity index (χ0n) is 15.8. The maximum atomic E-state index is 12.7. The van der Waals surface area contributed by atoms with E-state index >= 15 is 0 Å². The van der Waals surface area contributed by atoms with Crippen LogP contribution in [-0.4, -0.2) is 42.1 Å². The molecule has 5 heteroatoms. The van der Waals surface area contributed by atoms with Crippen LogP contribution in [0.3, 0.4) is 0 Å². The van der Waals surface area contributed by atoms with Gasteiger partial charge in [-0.15, -0.1) is 0 Å². The van der Waals surface area contributed by atoms with E-state index in [0.717, 1.165) is 55.0 Å². The highest BCUT2D eigenvalue weighted by Gasteiger charge is 2.14. The minimum absolute atomic E-state index is 0.119. The maximum Gasteiger partial charge on any atom is 0.272 e. The van der Waals surface area contributed by atoms with Crippen molar-refractivity contribution in [2.24, 2.45) is 0 Å². The number of H-pyrrole nitrogens is 1. The molecule has 1 aromatic heterocycles. The molecule has 2 heterocycles. The minimum Gasteiger partial charge on any atom is -0.379 e. The lowest BCUT2D eigenvalue weighted by molar-refractivity contribution is 0.0341.